The molecule has 29 heavy (non-hydrogen) atoms. The Morgan fingerprint density at radius 1 is 1.00 bits per heavy atom. The van der Waals surface area contributed by atoms with E-state index < -0.39 is 14.9 Å². The normalized spacial score (nSPS) is 14.6. The molecule has 0 aliphatic carbocycles. The number of anilines is 1. The summed E-state index contributed by atoms with van der Waals surface area (Å²) in [6.45, 7) is 2.29. The standard InChI is InChI=1S/C19H22N4O5S/c24-19(10-11-20-29(27,28)18-4-2-1-3-5-18)22-14-12-21(13-15-22)16-6-8-17(9-7-16)23(25)26/h1-9,20H,10-15H2. The quantitative estimate of drug-likeness (QED) is 0.540. The number of carbonyl (C=O) groups is 1. The van der Waals surface area contributed by atoms with E-state index in [1.165, 1.54) is 24.3 Å². The number of amides is 1. The first-order chi connectivity index (χ1) is 13.9. The van der Waals surface area contributed by atoms with Crippen LogP contribution in [0.15, 0.2) is 59.5 Å². The number of nitrogens with one attached hydrogen (secondary N) is 1. The van der Waals surface area contributed by atoms with Crippen LogP contribution in [0.25, 0.3) is 0 Å². The molecule has 0 atom stereocenters. The van der Waals surface area contributed by atoms with E-state index in [2.05, 4.69) is 9.62 Å². The Labute approximate surface area is 169 Å². The molecule has 154 valence electrons. The molecular weight excluding hydrogens is 396 g/mol. The molecule has 1 saturated heterocycles. The lowest BCUT2D eigenvalue weighted by atomic mass is 10.2. The number of nitro groups is 1. The molecule has 9 nitrogen and oxygen atoms in total. The zero-order chi connectivity index (χ0) is 20.9. The number of hydrogen-bond donors (Lipinski definition) is 1. The maximum Gasteiger partial charge on any atom is 0.269 e. The second-order valence-corrected chi connectivity index (χ2v) is 8.37. The van der Waals surface area contributed by atoms with Gasteiger partial charge >= 0.3 is 0 Å². The van der Waals surface area contributed by atoms with E-state index in [1.807, 2.05) is 0 Å². The zero-order valence-electron chi connectivity index (χ0n) is 15.7. The van der Waals surface area contributed by atoms with Gasteiger partial charge in [0.1, 0.15) is 0 Å². The fraction of sp³-hybridized carbons (Fsp3) is 0.316. The molecule has 2 aromatic carbocycles. The van der Waals surface area contributed by atoms with Crippen LogP contribution in [0.4, 0.5) is 11.4 Å². The number of rotatable bonds is 7. The number of carbonyl (C=O) groups excluding carboxylic acids is 1. The second kappa shape index (κ2) is 9.01. The third-order valence-corrected chi connectivity index (χ3v) is 6.22. The van der Waals surface area contributed by atoms with E-state index in [1.54, 1.807) is 35.2 Å². The highest BCUT2D eigenvalue weighted by atomic mass is 32.2. The Kier molecular flexibility index (Phi) is 6.45. The fourth-order valence-electron chi connectivity index (χ4n) is 3.13. The summed E-state index contributed by atoms with van der Waals surface area (Å²) in [6, 6.07) is 14.4. The van der Waals surface area contributed by atoms with E-state index in [9.17, 15) is 23.3 Å². The molecule has 1 aliphatic heterocycles. The third kappa shape index (κ3) is 5.30. The predicted octanol–water partition coefficient (Wildman–Crippen LogP) is 1.61. The van der Waals surface area contributed by atoms with Gasteiger partial charge in [-0.15, -0.1) is 0 Å². The minimum absolute atomic E-state index is 0.0403. The number of piperazine rings is 1. The van der Waals surface area contributed by atoms with Crippen molar-refractivity contribution in [1.82, 2.24) is 9.62 Å². The van der Waals surface area contributed by atoms with Crippen molar-refractivity contribution in [3.8, 4) is 0 Å². The smallest absolute Gasteiger partial charge is 0.269 e. The molecule has 1 amide bonds. The highest BCUT2D eigenvalue weighted by Crippen LogP contribution is 2.20. The number of non-ortho nitro benzene ring substituents is 1. The van der Waals surface area contributed by atoms with Crippen LogP contribution in [0.1, 0.15) is 6.42 Å². The van der Waals surface area contributed by atoms with Gasteiger partial charge in [-0.2, -0.15) is 0 Å². The van der Waals surface area contributed by atoms with Gasteiger partial charge in [-0.25, -0.2) is 13.1 Å². The molecule has 2 aromatic rings. The fourth-order valence-corrected chi connectivity index (χ4v) is 4.19. The van der Waals surface area contributed by atoms with Crippen LogP contribution in [0, 0.1) is 10.1 Å². The topological polar surface area (TPSA) is 113 Å². The van der Waals surface area contributed by atoms with Gasteiger partial charge in [0.05, 0.1) is 9.82 Å². The monoisotopic (exact) mass is 418 g/mol. The summed E-state index contributed by atoms with van der Waals surface area (Å²) in [7, 11) is -3.62. The van der Waals surface area contributed by atoms with E-state index in [4.69, 9.17) is 0 Å². The van der Waals surface area contributed by atoms with Crippen LogP contribution in [0.5, 0.6) is 0 Å². The Bertz CT molecular complexity index is 956. The maximum absolute atomic E-state index is 12.4. The van der Waals surface area contributed by atoms with Crippen molar-refractivity contribution in [2.24, 2.45) is 0 Å². The van der Waals surface area contributed by atoms with Gasteiger partial charge in [0.15, 0.2) is 0 Å². The Balaban J connectivity index is 1.46. The summed E-state index contributed by atoms with van der Waals surface area (Å²) >= 11 is 0. The molecule has 3 rings (SSSR count). The molecule has 1 aliphatic rings. The first-order valence-electron chi connectivity index (χ1n) is 9.19. The average Bonchev–Trinajstić information content (AvgIpc) is 2.74. The van der Waals surface area contributed by atoms with Gasteiger partial charge in [0.25, 0.3) is 5.69 Å². The Morgan fingerprint density at radius 2 is 1.62 bits per heavy atom. The Hall–Kier alpha value is -2.98. The van der Waals surface area contributed by atoms with Gasteiger partial charge in [0, 0.05) is 57.0 Å². The molecule has 0 bridgehead atoms. The van der Waals surface area contributed by atoms with E-state index in [-0.39, 0.29) is 29.5 Å². The minimum atomic E-state index is -3.62. The number of nitro benzene ring substituents is 1. The lowest BCUT2D eigenvalue weighted by Crippen LogP contribution is -2.49. The number of nitrogens with zero attached hydrogens (tertiary/aromatic N) is 3. The van der Waals surface area contributed by atoms with Crippen molar-refractivity contribution in [1.29, 1.82) is 0 Å². The van der Waals surface area contributed by atoms with Crippen molar-refractivity contribution >= 4 is 27.3 Å². The predicted molar refractivity (Wildman–Crippen MR) is 108 cm³/mol. The van der Waals surface area contributed by atoms with Crippen molar-refractivity contribution in [3.05, 3.63) is 64.7 Å². The molecule has 0 aromatic heterocycles. The molecule has 1 heterocycles. The van der Waals surface area contributed by atoms with E-state index >= 15 is 0 Å². The van der Waals surface area contributed by atoms with Crippen LogP contribution in [-0.4, -0.2) is 56.9 Å². The number of hydrogen-bond acceptors (Lipinski definition) is 6. The van der Waals surface area contributed by atoms with Crippen LogP contribution < -0.4 is 9.62 Å². The van der Waals surface area contributed by atoms with Gasteiger partial charge in [-0.3, -0.25) is 14.9 Å². The van der Waals surface area contributed by atoms with Crippen molar-refractivity contribution < 1.29 is 18.1 Å². The molecule has 0 saturated carbocycles. The summed E-state index contributed by atoms with van der Waals surface area (Å²) in [5.41, 5.74) is 0.916. The van der Waals surface area contributed by atoms with Crippen molar-refractivity contribution in [2.45, 2.75) is 11.3 Å². The summed E-state index contributed by atoms with van der Waals surface area (Å²) in [5, 5.41) is 10.7. The minimum Gasteiger partial charge on any atom is -0.368 e. The van der Waals surface area contributed by atoms with Crippen LogP contribution in [0.3, 0.4) is 0 Å². The molecule has 10 heteroatoms. The molecular formula is C19H22N4O5S. The van der Waals surface area contributed by atoms with Gasteiger partial charge in [-0.1, -0.05) is 18.2 Å². The van der Waals surface area contributed by atoms with Crippen LogP contribution in [0.2, 0.25) is 0 Å². The average molecular weight is 418 g/mol. The van der Waals surface area contributed by atoms with Gasteiger partial charge < -0.3 is 9.80 Å². The third-order valence-electron chi connectivity index (χ3n) is 4.74. The number of sulfonamides is 1. The number of benzene rings is 2. The lowest BCUT2D eigenvalue weighted by molar-refractivity contribution is -0.384. The van der Waals surface area contributed by atoms with Gasteiger partial charge in [0.2, 0.25) is 15.9 Å². The highest BCUT2D eigenvalue weighted by Gasteiger charge is 2.22. The van der Waals surface area contributed by atoms with Crippen LogP contribution >= 0.6 is 0 Å². The molecule has 1 fully saturated rings. The molecule has 0 radical (unpaired) electrons. The summed E-state index contributed by atoms with van der Waals surface area (Å²) in [6.07, 6.45) is 0.0869. The summed E-state index contributed by atoms with van der Waals surface area (Å²) < 4.78 is 26.8. The molecule has 0 unspecified atom stereocenters. The van der Waals surface area contributed by atoms with Crippen molar-refractivity contribution in [2.75, 3.05) is 37.6 Å². The van der Waals surface area contributed by atoms with Gasteiger partial charge in [-0.05, 0) is 24.3 Å². The van der Waals surface area contributed by atoms with E-state index in [0.717, 1.165) is 5.69 Å². The van der Waals surface area contributed by atoms with E-state index in [0.29, 0.717) is 26.2 Å². The van der Waals surface area contributed by atoms with Crippen molar-refractivity contribution in [3.63, 3.8) is 0 Å². The Morgan fingerprint density at radius 3 is 2.21 bits per heavy atom. The summed E-state index contributed by atoms with van der Waals surface area (Å²) in [5.74, 6) is -0.107. The largest absolute Gasteiger partial charge is 0.368 e. The second-order valence-electron chi connectivity index (χ2n) is 6.60. The maximum atomic E-state index is 12.4. The first-order valence-corrected chi connectivity index (χ1v) is 10.7. The zero-order valence-corrected chi connectivity index (χ0v) is 16.5. The highest BCUT2D eigenvalue weighted by molar-refractivity contribution is 7.89. The summed E-state index contributed by atoms with van der Waals surface area (Å²) in [4.78, 5) is 26.6. The lowest BCUT2D eigenvalue weighted by Gasteiger charge is -2.36. The first kappa shape index (κ1) is 20.7. The molecule has 0 spiro atoms. The SMILES string of the molecule is O=C(CCNS(=O)(=O)c1ccccc1)N1CCN(c2ccc([N+](=O)[O-])cc2)CC1. The molecule has 1 N–H and O–H groups in total. The van der Waals surface area contributed by atoms with Crippen LogP contribution in [-0.2, 0) is 14.8 Å².